The number of halogens is 1. The predicted octanol–water partition coefficient (Wildman–Crippen LogP) is 5.58. The fraction of sp³-hybridized carbons (Fsp3) is 0.286. The van der Waals surface area contributed by atoms with Crippen LogP contribution in [-0.2, 0) is 14.4 Å². The Kier molecular flexibility index (Phi) is 6.85. The maximum Gasteiger partial charge on any atom is 0.266 e. The van der Waals surface area contributed by atoms with Crippen molar-refractivity contribution in [2.45, 2.75) is 32.4 Å². The van der Waals surface area contributed by atoms with E-state index >= 15 is 0 Å². The van der Waals surface area contributed by atoms with Gasteiger partial charge in [-0.05, 0) is 55.3 Å². The number of imide groups is 1. The van der Waals surface area contributed by atoms with Crippen LogP contribution < -0.4 is 19.4 Å². The van der Waals surface area contributed by atoms with Gasteiger partial charge in [-0.15, -0.1) is 0 Å². The quantitative estimate of drug-likeness (QED) is 0.372. The van der Waals surface area contributed by atoms with E-state index in [1.807, 2.05) is 62.4 Å². The number of fused-ring (bicyclic) bond motifs is 1. The van der Waals surface area contributed by atoms with Crippen LogP contribution >= 0.6 is 11.6 Å². The van der Waals surface area contributed by atoms with Crippen molar-refractivity contribution >= 4 is 34.8 Å². The molecule has 2 amide bonds. The van der Waals surface area contributed by atoms with Crippen molar-refractivity contribution in [1.29, 1.82) is 0 Å². The van der Waals surface area contributed by atoms with Crippen LogP contribution in [0, 0.1) is 5.92 Å². The second-order valence-corrected chi connectivity index (χ2v) is 9.02. The molecular weight excluding hydrogens is 480 g/mol. The summed E-state index contributed by atoms with van der Waals surface area (Å²) in [6, 6.07) is 21.3. The molecule has 3 atom stereocenters. The number of amides is 2. The minimum absolute atomic E-state index is 0.326. The SMILES string of the molecule is CCCOc1ccc([C@H]2[C@H]3C(=O)N(c4ccccc4Cl)C(=O)[C@@H]3ON2c2ccccc2)cc1OCC. The Hall–Kier alpha value is -3.55. The Bertz CT molecular complexity index is 1270. The van der Waals surface area contributed by atoms with E-state index in [1.165, 1.54) is 0 Å². The molecule has 0 N–H and O–H groups in total. The molecule has 0 bridgehead atoms. The van der Waals surface area contributed by atoms with Crippen LogP contribution in [0.25, 0.3) is 0 Å². The summed E-state index contributed by atoms with van der Waals surface area (Å²) in [7, 11) is 0. The van der Waals surface area contributed by atoms with Gasteiger partial charge in [0, 0.05) is 0 Å². The Morgan fingerprint density at radius 3 is 2.36 bits per heavy atom. The minimum atomic E-state index is -0.981. The minimum Gasteiger partial charge on any atom is -0.490 e. The monoisotopic (exact) mass is 506 g/mol. The molecule has 0 unspecified atom stereocenters. The van der Waals surface area contributed by atoms with Crippen LogP contribution in [0.5, 0.6) is 11.5 Å². The average molecular weight is 507 g/mol. The number of anilines is 2. The summed E-state index contributed by atoms with van der Waals surface area (Å²) in [5.74, 6) is -0.346. The lowest BCUT2D eigenvalue weighted by molar-refractivity contribution is -0.126. The number of hydrogen-bond acceptors (Lipinski definition) is 6. The molecule has 2 heterocycles. The maximum atomic E-state index is 13.8. The number of hydroxylamine groups is 1. The Balaban J connectivity index is 1.59. The van der Waals surface area contributed by atoms with Crippen molar-refractivity contribution in [1.82, 2.24) is 0 Å². The van der Waals surface area contributed by atoms with Gasteiger partial charge in [0.15, 0.2) is 17.6 Å². The molecule has 2 aliphatic heterocycles. The largest absolute Gasteiger partial charge is 0.490 e. The molecule has 2 fully saturated rings. The number of carbonyl (C=O) groups excluding carboxylic acids is 2. The number of carbonyl (C=O) groups is 2. The fourth-order valence-electron chi connectivity index (χ4n) is 4.73. The van der Waals surface area contributed by atoms with Gasteiger partial charge in [0.05, 0.1) is 35.7 Å². The van der Waals surface area contributed by atoms with Crippen LogP contribution in [0.15, 0.2) is 72.8 Å². The Morgan fingerprint density at radius 1 is 0.889 bits per heavy atom. The van der Waals surface area contributed by atoms with Crippen molar-refractivity contribution in [3.63, 3.8) is 0 Å². The number of nitrogens with zero attached hydrogens (tertiary/aromatic N) is 2. The van der Waals surface area contributed by atoms with Crippen molar-refractivity contribution in [3.05, 3.63) is 83.4 Å². The summed E-state index contributed by atoms with van der Waals surface area (Å²) in [6.45, 7) is 4.96. The third-order valence-electron chi connectivity index (χ3n) is 6.29. The zero-order valence-electron chi connectivity index (χ0n) is 20.1. The molecule has 2 saturated heterocycles. The topological polar surface area (TPSA) is 68.3 Å². The first-order chi connectivity index (χ1) is 17.5. The third-order valence-corrected chi connectivity index (χ3v) is 6.61. The lowest BCUT2D eigenvalue weighted by Gasteiger charge is -2.29. The standard InChI is InChI=1S/C28H27ClN2O5/c1-3-16-35-22-15-14-18(17-23(22)34-4-2)25-24-26(36-31(25)19-10-6-5-7-11-19)28(33)30(27(24)32)21-13-9-8-12-20(21)29/h5-15,17,24-26H,3-4,16H2,1-2H3/t24-,25+,26-/m1/s1. The summed E-state index contributed by atoms with van der Waals surface area (Å²) in [6.07, 6.45) is -0.116. The molecule has 36 heavy (non-hydrogen) atoms. The first-order valence-corrected chi connectivity index (χ1v) is 12.5. The molecule has 0 radical (unpaired) electrons. The van der Waals surface area contributed by atoms with Crippen LogP contribution in [0.3, 0.4) is 0 Å². The molecule has 8 heteroatoms. The highest BCUT2D eigenvalue weighted by molar-refractivity contribution is 6.36. The number of ether oxygens (including phenoxy) is 2. The van der Waals surface area contributed by atoms with Gasteiger partial charge in [-0.1, -0.05) is 54.9 Å². The third kappa shape index (κ3) is 4.18. The van der Waals surface area contributed by atoms with Crippen LogP contribution in [0.4, 0.5) is 11.4 Å². The van der Waals surface area contributed by atoms with E-state index in [0.717, 1.165) is 22.6 Å². The van der Waals surface area contributed by atoms with Crippen LogP contribution in [0.2, 0.25) is 5.02 Å². The average Bonchev–Trinajstić information content (AvgIpc) is 3.40. The smallest absolute Gasteiger partial charge is 0.266 e. The lowest BCUT2D eigenvalue weighted by Crippen LogP contribution is -2.37. The molecule has 2 aliphatic rings. The van der Waals surface area contributed by atoms with E-state index in [0.29, 0.717) is 35.4 Å². The highest BCUT2D eigenvalue weighted by Gasteiger charge is 2.60. The summed E-state index contributed by atoms with van der Waals surface area (Å²) >= 11 is 6.36. The van der Waals surface area contributed by atoms with Gasteiger partial charge < -0.3 is 9.47 Å². The molecule has 0 aromatic heterocycles. The van der Waals surface area contributed by atoms with Gasteiger partial charge >= 0.3 is 0 Å². The lowest BCUT2D eigenvalue weighted by atomic mass is 9.90. The molecule has 0 aliphatic carbocycles. The van der Waals surface area contributed by atoms with Gasteiger partial charge in [0.2, 0.25) is 5.91 Å². The van der Waals surface area contributed by atoms with E-state index in [1.54, 1.807) is 29.3 Å². The number of benzene rings is 3. The number of para-hydroxylation sites is 2. The molecule has 5 rings (SSSR count). The van der Waals surface area contributed by atoms with Crippen LogP contribution in [-0.4, -0.2) is 31.1 Å². The first-order valence-electron chi connectivity index (χ1n) is 12.1. The Morgan fingerprint density at radius 2 is 1.64 bits per heavy atom. The van der Waals surface area contributed by atoms with Gasteiger partial charge in [-0.25, -0.2) is 9.96 Å². The molecular formula is C28H27ClN2O5. The summed E-state index contributed by atoms with van der Waals surface area (Å²) in [4.78, 5) is 34.7. The van der Waals surface area contributed by atoms with Gasteiger partial charge in [-0.3, -0.25) is 14.4 Å². The zero-order chi connectivity index (χ0) is 25.2. The molecule has 7 nitrogen and oxygen atoms in total. The van der Waals surface area contributed by atoms with E-state index in [2.05, 4.69) is 0 Å². The Labute approximate surface area is 215 Å². The summed E-state index contributed by atoms with van der Waals surface area (Å²) < 4.78 is 11.7. The predicted molar refractivity (Wildman–Crippen MR) is 137 cm³/mol. The molecule has 3 aromatic rings. The van der Waals surface area contributed by atoms with E-state index in [9.17, 15) is 9.59 Å². The van der Waals surface area contributed by atoms with E-state index < -0.39 is 24.0 Å². The maximum absolute atomic E-state index is 13.8. The normalized spacial score (nSPS) is 21.1. The van der Waals surface area contributed by atoms with Gasteiger partial charge in [-0.2, -0.15) is 0 Å². The van der Waals surface area contributed by atoms with Crippen LogP contribution in [0.1, 0.15) is 31.9 Å². The van der Waals surface area contributed by atoms with Gasteiger partial charge in [0.25, 0.3) is 5.91 Å². The highest BCUT2D eigenvalue weighted by Crippen LogP contribution is 2.49. The number of hydrogen-bond donors (Lipinski definition) is 0. The fourth-order valence-corrected chi connectivity index (χ4v) is 4.95. The van der Waals surface area contributed by atoms with Gasteiger partial charge in [0.1, 0.15) is 5.92 Å². The second-order valence-electron chi connectivity index (χ2n) is 8.61. The molecule has 186 valence electrons. The van der Waals surface area contributed by atoms with E-state index in [-0.39, 0.29) is 5.91 Å². The molecule has 0 spiro atoms. The summed E-state index contributed by atoms with van der Waals surface area (Å²) in [5.41, 5.74) is 1.88. The zero-order valence-corrected chi connectivity index (χ0v) is 20.9. The first kappa shape index (κ1) is 24.2. The molecule has 0 saturated carbocycles. The molecule has 3 aromatic carbocycles. The van der Waals surface area contributed by atoms with E-state index in [4.69, 9.17) is 25.9 Å². The van der Waals surface area contributed by atoms with Crippen molar-refractivity contribution < 1.29 is 23.9 Å². The van der Waals surface area contributed by atoms with Crippen molar-refractivity contribution in [2.24, 2.45) is 5.92 Å². The van der Waals surface area contributed by atoms with Crippen molar-refractivity contribution in [3.8, 4) is 11.5 Å². The summed E-state index contributed by atoms with van der Waals surface area (Å²) in [5, 5.41) is 1.99. The number of rotatable bonds is 8. The highest BCUT2D eigenvalue weighted by atomic mass is 35.5. The van der Waals surface area contributed by atoms with Crippen molar-refractivity contribution in [2.75, 3.05) is 23.2 Å². The second kappa shape index (κ2) is 10.2.